The van der Waals surface area contributed by atoms with E-state index in [4.69, 9.17) is 22.3 Å². The minimum absolute atomic E-state index is 0.0467. The number of nitrogens with one attached hydrogen (secondary N) is 1. The van der Waals surface area contributed by atoms with Crippen molar-refractivity contribution in [1.29, 1.82) is 0 Å². The number of hydrogen-bond acceptors (Lipinski definition) is 11. The molecule has 0 saturated heterocycles. The molecule has 1 aromatic heterocycles. The molecule has 2 heterocycles. The molecule has 0 fully saturated rings. The molecule has 166 valence electrons. The van der Waals surface area contributed by atoms with E-state index < -0.39 is 35.9 Å². The minimum atomic E-state index is -4.59. The van der Waals surface area contributed by atoms with Crippen molar-refractivity contribution in [1.82, 2.24) is 9.71 Å². The van der Waals surface area contributed by atoms with Crippen LogP contribution < -0.4 is 27.1 Å². The van der Waals surface area contributed by atoms with Crippen LogP contribution in [0, 0.1) is 0 Å². The van der Waals surface area contributed by atoms with Gasteiger partial charge >= 0.3 is 0 Å². The Bertz CT molecular complexity index is 1270. The van der Waals surface area contributed by atoms with Crippen LogP contribution in [0.1, 0.15) is 5.56 Å². The third-order valence-electron chi connectivity index (χ3n) is 4.35. The summed E-state index contributed by atoms with van der Waals surface area (Å²) in [7, 11) is -8.98. The van der Waals surface area contributed by atoms with Gasteiger partial charge in [0.05, 0.1) is 5.56 Å². The Morgan fingerprint density at radius 1 is 1.10 bits per heavy atom. The molecule has 0 unspecified atom stereocenters. The van der Waals surface area contributed by atoms with Crippen molar-refractivity contribution >= 4 is 31.7 Å². The number of nitrogen functional groups attached to an aromatic ring is 1. The Balaban J connectivity index is 2.38. The largest absolute Gasteiger partial charge is 0.384 e. The summed E-state index contributed by atoms with van der Waals surface area (Å²) < 4.78 is 53.6. The van der Waals surface area contributed by atoms with E-state index in [1.165, 1.54) is 18.3 Å². The highest BCUT2D eigenvalue weighted by Crippen LogP contribution is 2.35. The molecule has 2 aromatic rings. The van der Waals surface area contributed by atoms with E-state index in [2.05, 4.69) is 24.9 Å². The van der Waals surface area contributed by atoms with Gasteiger partial charge in [0.15, 0.2) is 12.5 Å². The third-order valence-corrected chi connectivity index (χ3v) is 7.04. The predicted molar refractivity (Wildman–Crippen MR) is 114 cm³/mol. The van der Waals surface area contributed by atoms with E-state index in [1.807, 2.05) is 0 Å². The van der Waals surface area contributed by atoms with Crippen molar-refractivity contribution in [2.75, 3.05) is 25.5 Å². The van der Waals surface area contributed by atoms with Gasteiger partial charge in [-0.15, -0.1) is 5.11 Å². The number of primary sulfonamides is 1. The van der Waals surface area contributed by atoms with Crippen molar-refractivity contribution in [2.45, 2.75) is 15.8 Å². The van der Waals surface area contributed by atoms with E-state index in [1.54, 1.807) is 6.07 Å². The molecule has 1 aliphatic heterocycles. The lowest BCUT2D eigenvalue weighted by molar-refractivity contribution is 0.548. The standard InChI is InChI=1S/C16H21N9O4S2/c17-6-10(7-18)25-31(28,29)12-2-1-11(9-3-4-21-13(19)5-9)14(15(12)30(20,26)27)16-22-8-23-24-16/h1-5,10,25H,6-8,17-18H2,(H2,19,21)(H2,20,26,27). The number of benzene rings is 1. The quantitative estimate of drug-likeness (QED) is 0.312. The average molecular weight is 468 g/mol. The van der Waals surface area contributed by atoms with Crippen LogP contribution in [0.15, 0.2) is 55.5 Å². The van der Waals surface area contributed by atoms with Gasteiger partial charge in [-0.25, -0.2) is 36.7 Å². The molecule has 1 aromatic carbocycles. The highest BCUT2D eigenvalue weighted by Gasteiger charge is 2.33. The van der Waals surface area contributed by atoms with Crippen LogP contribution in [0.25, 0.3) is 11.1 Å². The fraction of sp³-hybridized carbons (Fsp3) is 0.250. The molecule has 0 atom stereocenters. The first kappa shape index (κ1) is 22.9. The second-order valence-corrected chi connectivity index (χ2v) is 9.66. The molecule has 0 bridgehead atoms. The van der Waals surface area contributed by atoms with Gasteiger partial charge in [0.1, 0.15) is 15.6 Å². The van der Waals surface area contributed by atoms with Crippen LogP contribution in [-0.4, -0.2) is 53.5 Å². The van der Waals surface area contributed by atoms with Crippen molar-refractivity contribution in [3.63, 3.8) is 0 Å². The SMILES string of the molecule is NCC(CN)NS(=O)(=O)c1ccc(-c2ccnc(N)c2)c(C2=NCN=N2)c1S(N)(=O)=O. The van der Waals surface area contributed by atoms with Crippen molar-refractivity contribution in [3.05, 3.63) is 36.0 Å². The summed E-state index contributed by atoms with van der Waals surface area (Å²) in [6.07, 6.45) is 1.42. The summed E-state index contributed by atoms with van der Waals surface area (Å²) in [5, 5.41) is 13.1. The predicted octanol–water partition coefficient (Wildman–Crippen LogP) is -1.29. The van der Waals surface area contributed by atoms with Crippen molar-refractivity contribution in [3.8, 4) is 11.1 Å². The zero-order chi connectivity index (χ0) is 22.8. The second kappa shape index (κ2) is 8.74. The van der Waals surface area contributed by atoms with E-state index in [-0.39, 0.29) is 42.5 Å². The fourth-order valence-electron chi connectivity index (χ4n) is 2.97. The second-order valence-electron chi connectivity index (χ2n) is 6.48. The number of pyridine rings is 1. The molecule has 13 nitrogen and oxygen atoms in total. The number of hydrogen-bond donors (Lipinski definition) is 5. The van der Waals surface area contributed by atoms with E-state index in [0.717, 1.165) is 6.07 Å². The molecule has 15 heteroatoms. The molecule has 0 radical (unpaired) electrons. The summed E-state index contributed by atoms with van der Waals surface area (Å²) >= 11 is 0. The lowest BCUT2D eigenvalue weighted by atomic mass is 9.99. The molecule has 31 heavy (non-hydrogen) atoms. The van der Waals surface area contributed by atoms with Gasteiger partial charge in [0, 0.05) is 25.3 Å². The van der Waals surface area contributed by atoms with Gasteiger partial charge in [0.25, 0.3) is 0 Å². The molecule has 0 spiro atoms. The Labute approximate surface area is 178 Å². The lowest BCUT2D eigenvalue weighted by Gasteiger charge is -2.19. The summed E-state index contributed by atoms with van der Waals surface area (Å²) in [5.41, 5.74) is 17.4. The highest BCUT2D eigenvalue weighted by molar-refractivity contribution is 7.92. The maximum absolute atomic E-state index is 13.0. The van der Waals surface area contributed by atoms with Crippen LogP contribution in [-0.2, 0) is 20.0 Å². The molecule has 0 aliphatic carbocycles. The first-order valence-electron chi connectivity index (χ1n) is 8.85. The molecule has 0 saturated carbocycles. The molecule has 3 rings (SSSR count). The summed E-state index contributed by atoms with van der Waals surface area (Å²) in [6.45, 7) is -0.236. The Morgan fingerprint density at radius 2 is 1.81 bits per heavy atom. The summed E-state index contributed by atoms with van der Waals surface area (Å²) in [4.78, 5) is 6.70. The van der Waals surface area contributed by atoms with Crippen LogP contribution in [0.3, 0.4) is 0 Å². The third kappa shape index (κ3) is 4.76. The van der Waals surface area contributed by atoms with Gasteiger partial charge in [0.2, 0.25) is 20.0 Å². The van der Waals surface area contributed by atoms with Crippen molar-refractivity contribution < 1.29 is 16.8 Å². The number of aliphatic imine (C=N–C) groups is 1. The Morgan fingerprint density at radius 3 is 2.35 bits per heavy atom. The zero-order valence-corrected chi connectivity index (χ0v) is 17.8. The van der Waals surface area contributed by atoms with Gasteiger partial charge < -0.3 is 17.2 Å². The number of anilines is 1. The first-order valence-corrected chi connectivity index (χ1v) is 11.9. The number of nitrogens with zero attached hydrogens (tertiary/aromatic N) is 4. The number of rotatable bonds is 8. The van der Waals surface area contributed by atoms with Crippen LogP contribution in [0.4, 0.5) is 5.82 Å². The van der Waals surface area contributed by atoms with Crippen molar-refractivity contribution in [2.24, 2.45) is 31.8 Å². The number of azo groups is 1. The monoisotopic (exact) mass is 467 g/mol. The number of sulfonamides is 2. The minimum Gasteiger partial charge on any atom is -0.384 e. The van der Waals surface area contributed by atoms with E-state index in [0.29, 0.717) is 5.56 Å². The molecular weight excluding hydrogens is 446 g/mol. The summed E-state index contributed by atoms with van der Waals surface area (Å²) in [5.74, 6) is 0.0864. The van der Waals surface area contributed by atoms with E-state index >= 15 is 0 Å². The average Bonchev–Trinajstić information content (AvgIpc) is 3.25. The fourth-order valence-corrected chi connectivity index (χ4v) is 5.83. The maximum atomic E-state index is 13.0. The topological polar surface area (TPSA) is 234 Å². The Kier molecular flexibility index (Phi) is 6.44. The number of aromatic nitrogens is 1. The first-order chi connectivity index (χ1) is 14.6. The van der Waals surface area contributed by atoms with Crippen LogP contribution in [0.5, 0.6) is 0 Å². The number of amidine groups is 1. The van der Waals surface area contributed by atoms with Gasteiger partial charge in [-0.05, 0) is 29.3 Å². The number of nitrogens with two attached hydrogens (primary N) is 4. The lowest BCUT2D eigenvalue weighted by Crippen LogP contribution is -2.45. The maximum Gasteiger partial charge on any atom is 0.242 e. The molecule has 1 aliphatic rings. The highest BCUT2D eigenvalue weighted by atomic mass is 32.2. The van der Waals surface area contributed by atoms with Gasteiger partial charge in [-0.1, -0.05) is 6.07 Å². The summed E-state index contributed by atoms with van der Waals surface area (Å²) in [6, 6.07) is 4.77. The molecular formula is C16H21N9O4S2. The van der Waals surface area contributed by atoms with Crippen LogP contribution in [0.2, 0.25) is 0 Å². The van der Waals surface area contributed by atoms with Crippen LogP contribution >= 0.6 is 0 Å². The van der Waals surface area contributed by atoms with Gasteiger partial charge in [-0.3, -0.25) is 0 Å². The van der Waals surface area contributed by atoms with Gasteiger partial charge in [-0.2, -0.15) is 5.11 Å². The van der Waals surface area contributed by atoms with E-state index in [9.17, 15) is 16.8 Å². The smallest absolute Gasteiger partial charge is 0.242 e. The molecule has 0 amide bonds. The Hall–Kier alpha value is -2.82. The molecule has 9 N–H and O–H groups in total. The normalized spacial score (nSPS) is 14.3. The zero-order valence-electron chi connectivity index (χ0n) is 16.1.